The van der Waals surface area contributed by atoms with Crippen molar-refractivity contribution in [3.8, 4) is 6.07 Å². The number of benzene rings is 2. The predicted octanol–water partition coefficient (Wildman–Crippen LogP) is 4.02. The zero-order valence-corrected chi connectivity index (χ0v) is 19.4. The van der Waals surface area contributed by atoms with Crippen LogP contribution in [-0.4, -0.2) is 32.1 Å². The second kappa shape index (κ2) is 10.6. The highest BCUT2D eigenvalue weighted by atomic mass is 127. The van der Waals surface area contributed by atoms with Gasteiger partial charge in [-0.1, -0.05) is 12.1 Å². The Balaban J connectivity index is 0.00000280. The first-order valence-corrected chi connectivity index (χ1v) is 9.55. The molecule has 0 amide bonds. The standard InChI is InChI=1S/C20H21BrFN5.HI/c1-24-20(25-12-15-10-14(11-23)6-7-18(15)22)26-16-8-9-27(13-16)19-5-3-2-4-17(19)21;/h2-7,10,16H,8-9,12-13H2,1H3,(H2,24,25,26);1H. The summed E-state index contributed by atoms with van der Waals surface area (Å²) < 4.78 is 15.0. The van der Waals surface area contributed by atoms with E-state index in [0.29, 0.717) is 17.1 Å². The van der Waals surface area contributed by atoms with Gasteiger partial charge in [0.1, 0.15) is 5.82 Å². The molecule has 1 fully saturated rings. The number of halogens is 3. The number of aliphatic imine (C=N–C) groups is 1. The van der Waals surface area contributed by atoms with Crippen LogP contribution in [0.3, 0.4) is 0 Å². The molecule has 2 aromatic rings. The lowest BCUT2D eigenvalue weighted by Gasteiger charge is -2.21. The van der Waals surface area contributed by atoms with E-state index >= 15 is 0 Å². The molecule has 8 heteroatoms. The summed E-state index contributed by atoms with van der Waals surface area (Å²) in [7, 11) is 1.69. The summed E-state index contributed by atoms with van der Waals surface area (Å²) in [5.74, 6) is 0.286. The maximum Gasteiger partial charge on any atom is 0.191 e. The van der Waals surface area contributed by atoms with Gasteiger partial charge in [-0.2, -0.15) is 5.26 Å². The Hall–Kier alpha value is -1.86. The Morgan fingerprint density at radius 3 is 2.86 bits per heavy atom. The number of rotatable bonds is 4. The number of para-hydroxylation sites is 1. The lowest BCUT2D eigenvalue weighted by Crippen LogP contribution is -2.44. The third kappa shape index (κ3) is 5.58. The first kappa shape index (κ1) is 22.4. The van der Waals surface area contributed by atoms with Crippen molar-refractivity contribution in [2.24, 2.45) is 4.99 Å². The molecule has 28 heavy (non-hydrogen) atoms. The third-order valence-corrected chi connectivity index (χ3v) is 5.24. The van der Waals surface area contributed by atoms with E-state index in [1.807, 2.05) is 24.3 Å². The maximum atomic E-state index is 13.9. The average Bonchev–Trinajstić information content (AvgIpc) is 3.14. The molecule has 0 aliphatic carbocycles. The number of anilines is 1. The van der Waals surface area contributed by atoms with Crippen LogP contribution in [0.2, 0.25) is 0 Å². The summed E-state index contributed by atoms with van der Waals surface area (Å²) >= 11 is 3.60. The minimum absolute atomic E-state index is 0. The molecule has 0 spiro atoms. The second-order valence-electron chi connectivity index (χ2n) is 6.37. The van der Waals surface area contributed by atoms with Crippen molar-refractivity contribution in [3.63, 3.8) is 0 Å². The molecular formula is C20H22BrFIN5. The van der Waals surface area contributed by atoms with E-state index < -0.39 is 0 Å². The van der Waals surface area contributed by atoms with Crippen LogP contribution in [0.15, 0.2) is 51.9 Å². The van der Waals surface area contributed by atoms with Crippen molar-refractivity contribution >= 4 is 51.6 Å². The van der Waals surface area contributed by atoms with Gasteiger partial charge in [0, 0.05) is 42.8 Å². The third-order valence-electron chi connectivity index (χ3n) is 4.57. The molecule has 2 aromatic carbocycles. The molecule has 2 N–H and O–H groups in total. The van der Waals surface area contributed by atoms with Crippen molar-refractivity contribution in [2.45, 2.75) is 19.0 Å². The molecule has 1 saturated heterocycles. The first-order chi connectivity index (χ1) is 13.1. The molecule has 0 aromatic heterocycles. The van der Waals surface area contributed by atoms with Gasteiger partial charge < -0.3 is 15.5 Å². The quantitative estimate of drug-likeness (QED) is 0.338. The zero-order valence-electron chi connectivity index (χ0n) is 15.5. The zero-order chi connectivity index (χ0) is 19.2. The van der Waals surface area contributed by atoms with Gasteiger partial charge in [-0.05, 0) is 52.7 Å². The molecule has 1 heterocycles. The van der Waals surface area contributed by atoms with Crippen molar-refractivity contribution in [1.29, 1.82) is 5.26 Å². The number of guanidine groups is 1. The van der Waals surface area contributed by atoms with Crippen molar-refractivity contribution in [3.05, 3.63) is 63.9 Å². The van der Waals surface area contributed by atoms with E-state index in [-0.39, 0.29) is 42.4 Å². The summed E-state index contributed by atoms with van der Waals surface area (Å²) in [5, 5.41) is 15.5. The Kier molecular flexibility index (Phi) is 8.51. The van der Waals surface area contributed by atoms with E-state index in [2.05, 4.69) is 42.5 Å². The highest BCUT2D eigenvalue weighted by Gasteiger charge is 2.24. The van der Waals surface area contributed by atoms with E-state index in [4.69, 9.17) is 5.26 Å². The SMILES string of the molecule is CN=C(NCc1cc(C#N)ccc1F)NC1CCN(c2ccccc2Br)C1.I. The molecule has 3 rings (SSSR count). The Bertz CT molecular complexity index is 883. The second-order valence-corrected chi connectivity index (χ2v) is 7.23. The van der Waals surface area contributed by atoms with Crippen LogP contribution < -0.4 is 15.5 Å². The summed E-state index contributed by atoms with van der Waals surface area (Å²) in [6.07, 6.45) is 0.986. The number of nitrogens with one attached hydrogen (secondary N) is 2. The first-order valence-electron chi connectivity index (χ1n) is 8.76. The smallest absolute Gasteiger partial charge is 0.191 e. The van der Waals surface area contributed by atoms with E-state index in [9.17, 15) is 4.39 Å². The van der Waals surface area contributed by atoms with Gasteiger partial charge in [-0.3, -0.25) is 4.99 Å². The molecule has 1 aliphatic rings. The summed E-state index contributed by atoms with van der Waals surface area (Å²) in [6, 6.07) is 14.8. The fraction of sp³-hybridized carbons (Fsp3) is 0.300. The lowest BCUT2D eigenvalue weighted by molar-refractivity contribution is 0.600. The number of nitriles is 1. The van der Waals surface area contributed by atoms with Crippen molar-refractivity contribution in [2.75, 3.05) is 25.0 Å². The van der Waals surface area contributed by atoms with E-state index in [1.165, 1.54) is 17.8 Å². The van der Waals surface area contributed by atoms with Gasteiger partial charge in [0.05, 0.1) is 17.3 Å². The minimum Gasteiger partial charge on any atom is -0.368 e. The number of hydrogen-bond donors (Lipinski definition) is 2. The lowest BCUT2D eigenvalue weighted by atomic mass is 10.1. The fourth-order valence-corrected chi connectivity index (χ4v) is 3.69. The van der Waals surface area contributed by atoms with Crippen LogP contribution in [0.5, 0.6) is 0 Å². The van der Waals surface area contributed by atoms with Crippen LogP contribution in [0.4, 0.5) is 10.1 Å². The highest BCUT2D eigenvalue weighted by Crippen LogP contribution is 2.28. The van der Waals surface area contributed by atoms with Crippen LogP contribution in [-0.2, 0) is 6.54 Å². The molecule has 1 atom stereocenters. The molecule has 5 nitrogen and oxygen atoms in total. The Morgan fingerprint density at radius 1 is 1.36 bits per heavy atom. The van der Waals surface area contributed by atoms with Gasteiger partial charge in [-0.25, -0.2) is 4.39 Å². The molecule has 0 saturated carbocycles. The van der Waals surface area contributed by atoms with Crippen molar-refractivity contribution in [1.82, 2.24) is 10.6 Å². The largest absolute Gasteiger partial charge is 0.368 e. The molecule has 0 radical (unpaired) electrons. The Labute approximate surface area is 190 Å². The van der Waals surface area contributed by atoms with Gasteiger partial charge in [0.15, 0.2) is 5.96 Å². The summed E-state index contributed by atoms with van der Waals surface area (Å²) in [5.41, 5.74) is 2.06. The van der Waals surface area contributed by atoms with E-state index in [1.54, 1.807) is 13.1 Å². The fourth-order valence-electron chi connectivity index (χ4n) is 3.15. The minimum atomic E-state index is -0.335. The van der Waals surface area contributed by atoms with Crippen LogP contribution in [0, 0.1) is 17.1 Å². The van der Waals surface area contributed by atoms with Crippen LogP contribution in [0.1, 0.15) is 17.5 Å². The van der Waals surface area contributed by atoms with Gasteiger partial charge in [0.25, 0.3) is 0 Å². The summed E-state index contributed by atoms with van der Waals surface area (Å²) in [6.45, 7) is 2.08. The average molecular weight is 558 g/mol. The van der Waals surface area contributed by atoms with Gasteiger partial charge in [0.2, 0.25) is 0 Å². The molecule has 1 unspecified atom stereocenters. The normalized spacial score (nSPS) is 16.3. The van der Waals surface area contributed by atoms with Crippen LogP contribution in [0.25, 0.3) is 0 Å². The molecule has 148 valence electrons. The molecule has 1 aliphatic heterocycles. The topological polar surface area (TPSA) is 63.5 Å². The predicted molar refractivity (Wildman–Crippen MR) is 125 cm³/mol. The number of hydrogen-bond acceptors (Lipinski definition) is 3. The van der Waals surface area contributed by atoms with E-state index in [0.717, 1.165) is 24.0 Å². The maximum absolute atomic E-state index is 13.9. The summed E-state index contributed by atoms with van der Waals surface area (Å²) in [4.78, 5) is 6.56. The Morgan fingerprint density at radius 2 is 2.14 bits per heavy atom. The monoisotopic (exact) mass is 557 g/mol. The molecular weight excluding hydrogens is 536 g/mol. The highest BCUT2D eigenvalue weighted by molar-refractivity contribution is 14.0. The van der Waals surface area contributed by atoms with Crippen LogP contribution >= 0.6 is 39.9 Å². The molecule has 0 bridgehead atoms. The van der Waals surface area contributed by atoms with Gasteiger partial charge in [-0.15, -0.1) is 24.0 Å². The van der Waals surface area contributed by atoms with Gasteiger partial charge >= 0.3 is 0 Å². The number of nitrogens with zero attached hydrogens (tertiary/aromatic N) is 3. The van der Waals surface area contributed by atoms with Crippen molar-refractivity contribution < 1.29 is 4.39 Å².